The summed E-state index contributed by atoms with van der Waals surface area (Å²) in [5.74, 6) is 0.936. The molecule has 0 spiro atoms. The van der Waals surface area contributed by atoms with Gasteiger partial charge >= 0.3 is 5.97 Å². The van der Waals surface area contributed by atoms with Crippen LogP contribution < -0.4 is 0 Å². The highest BCUT2D eigenvalue weighted by Crippen LogP contribution is 2.62. The molecule has 0 unspecified atom stereocenters. The minimum absolute atomic E-state index is 0.114. The lowest BCUT2D eigenvalue weighted by atomic mass is 9.45. The Morgan fingerprint density at radius 3 is 2.52 bits per heavy atom. The van der Waals surface area contributed by atoms with Gasteiger partial charge in [0.25, 0.3) is 0 Å². The van der Waals surface area contributed by atoms with Crippen LogP contribution in [0, 0.1) is 22.7 Å². The molecule has 27 heavy (non-hydrogen) atoms. The summed E-state index contributed by atoms with van der Waals surface area (Å²) in [5.41, 5.74) is 1.38. The first-order chi connectivity index (χ1) is 12.5. The summed E-state index contributed by atoms with van der Waals surface area (Å²) in [4.78, 5) is 11.5. The number of carbonyl (C=O) groups excluding carboxylic acids is 1. The maximum atomic E-state index is 11.5. The lowest BCUT2D eigenvalue weighted by molar-refractivity contribution is -0.168. The molecule has 0 saturated heterocycles. The smallest absolute Gasteiger partial charge is 0.306 e. The lowest BCUT2D eigenvalue weighted by Crippen LogP contribution is -2.57. The Hall–Kier alpha value is -0.830. The summed E-state index contributed by atoms with van der Waals surface area (Å²) < 4.78 is 5.00. The van der Waals surface area contributed by atoms with Crippen LogP contribution in [0.3, 0.4) is 0 Å². The Labute approximate surface area is 167 Å². The van der Waals surface area contributed by atoms with Crippen LogP contribution in [0.4, 0.5) is 0 Å². The molecule has 2 rings (SSSR count). The number of esters is 1. The highest BCUT2D eigenvalue weighted by Gasteiger charge is 2.57. The minimum atomic E-state index is -0.566. The zero-order chi connectivity index (χ0) is 20.3. The summed E-state index contributed by atoms with van der Waals surface area (Å²) in [7, 11) is 0. The Morgan fingerprint density at radius 1 is 1.15 bits per heavy atom. The second-order valence-electron chi connectivity index (χ2n) is 10.3. The monoisotopic (exact) mass is 378 g/mol. The highest BCUT2D eigenvalue weighted by molar-refractivity contribution is 5.69. The van der Waals surface area contributed by atoms with E-state index in [9.17, 15) is 9.90 Å². The molecule has 3 nitrogen and oxygen atoms in total. The van der Waals surface area contributed by atoms with Gasteiger partial charge in [-0.3, -0.25) is 4.79 Å². The molecule has 2 aliphatic carbocycles. The molecule has 2 aliphatic rings. The van der Waals surface area contributed by atoms with Gasteiger partial charge in [0, 0.05) is 6.42 Å². The van der Waals surface area contributed by atoms with E-state index in [-0.39, 0.29) is 11.4 Å². The zero-order valence-corrected chi connectivity index (χ0v) is 18.6. The maximum Gasteiger partial charge on any atom is 0.306 e. The van der Waals surface area contributed by atoms with E-state index in [0.717, 1.165) is 32.1 Å². The zero-order valence-electron chi connectivity index (χ0n) is 18.6. The molecule has 0 aromatic carbocycles. The molecule has 0 heterocycles. The Kier molecular flexibility index (Phi) is 7.22. The topological polar surface area (TPSA) is 46.5 Å². The van der Waals surface area contributed by atoms with E-state index in [1.165, 1.54) is 24.8 Å². The van der Waals surface area contributed by atoms with Gasteiger partial charge in [-0.15, -0.1) is 0 Å². The minimum Gasteiger partial charge on any atom is -0.466 e. The first kappa shape index (κ1) is 22.5. The third-order valence-electron chi connectivity index (χ3n) is 7.74. The van der Waals surface area contributed by atoms with E-state index in [0.29, 0.717) is 30.3 Å². The fraction of sp³-hybridized carbons (Fsp3) is 0.875. The quantitative estimate of drug-likeness (QED) is 0.433. The molecule has 0 bridgehead atoms. The van der Waals surface area contributed by atoms with E-state index >= 15 is 0 Å². The molecule has 0 amide bonds. The van der Waals surface area contributed by atoms with Crippen LogP contribution in [0.15, 0.2) is 11.6 Å². The van der Waals surface area contributed by atoms with E-state index in [1.807, 2.05) is 6.92 Å². The Morgan fingerprint density at radius 2 is 1.85 bits per heavy atom. The molecule has 1 N–H and O–H groups in total. The summed E-state index contributed by atoms with van der Waals surface area (Å²) in [6.45, 7) is 13.9. The molecular weight excluding hydrogens is 336 g/mol. The molecule has 0 radical (unpaired) electrons. The van der Waals surface area contributed by atoms with Crippen molar-refractivity contribution < 1.29 is 14.6 Å². The van der Waals surface area contributed by atoms with Gasteiger partial charge in [-0.1, -0.05) is 38.8 Å². The third kappa shape index (κ3) is 5.16. The van der Waals surface area contributed by atoms with Crippen LogP contribution >= 0.6 is 0 Å². The number of fused-ring (bicyclic) bond motifs is 1. The van der Waals surface area contributed by atoms with Gasteiger partial charge in [0.2, 0.25) is 0 Å². The number of rotatable bonds is 7. The van der Waals surface area contributed by atoms with Crippen LogP contribution in [-0.4, -0.2) is 23.3 Å². The van der Waals surface area contributed by atoms with Crippen molar-refractivity contribution in [1.29, 1.82) is 0 Å². The average molecular weight is 379 g/mol. The maximum absolute atomic E-state index is 11.5. The number of allylic oxidation sites excluding steroid dienone is 2. The molecule has 0 aromatic heterocycles. The number of aliphatic hydroxyl groups is 1. The van der Waals surface area contributed by atoms with E-state index in [2.05, 4.69) is 40.7 Å². The summed E-state index contributed by atoms with van der Waals surface area (Å²) in [5, 5.41) is 11.2. The molecule has 4 atom stereocenters. The largest absolute Gasteiger partial charge is 0.466 e. The standard InChI is InChI=1S/C24H42O3/c1-7-27-21(25)11-8-10-18(2)12-13-20-23(5)16-9-15-22(3,4)19(23)14-17-24(20,6)26/h10,19-20,26H,7-9,11-17H2,1-6H3/b18-10-/t19-,20+,23-,24+/m0/s1. The second kappa shape index (κ2) is 8.68. The Balaban J connectivity index is 2.03. The summed E-state index contributed by atoms with van der Waals surface area (Å²) in [6, 6.07) is 0. The molecular formula is C24H42O3. The molecule has 2 fully saturated rings. The van der Waals surface area contributed by atoms with Crippen molar-refractivity contribution in [1.82, 2.24) is 0 Å². The number of carbonyl (C=O) groups is 1. The highest BCUT2D eigenvalue weighted by atomic mass is 16.5. The van der Waals surface area contributed by atoms with Crippen molar-refractivity contribution >= 4 is 5.97 Å². The second-order valence-corrected chi connectivity index (χ2v) is 10.3. The van der Waals surface area contributed by atoms with Crippen molar-refractivity contribution in [2.45, 2.75) is 105 Å². The van der Waals surface area contributed by atoms with Crippen LogP contribution in [0.2, 0.25) is 0 Å². The normalized spacial score (nSPS) is 36.2. The average Bonchev–Trinajstić information content (AvgIpc) is 2.53. The fourth-order valence-electron chi connectivity index (χ4n) is 6.41. The van der Waals surface area contributed by atoms with Crippen molar-refractivity contribution in [3.63, 3.8) is 0 Å². The van der Waals surface area contributed by atoms with Crippen LogP contribution in [0.1, 0.15) is 99.3 Å². The molecule has 0 aromatic rings. The third-order valence-corrected chi connectivity index (χ3v) is 7.74. The summed E-state index contributed by atoms with van der Waals surface area (Å²) >= 11 is 0. The van der Waals surface area contributed by atoms with Crippen molar-refractivity contribution in [3.05, 3.63) is 11.6 Å². The fourth-order valence-corrected chi connectivity index (χ4v) is 6.41. The predicted octanol–water partition coefficient (Wildman–Crippen LogP) is 6.05. The Bertz CT molecular complexity index is 546. The molecule has 156 valence electrons. The van der Waals surface area contributed by atoms with Gasteiger partial charge in [-0.2, -0.15) is 0 Å². The van der Waals surface area contributed by atoms with Crippen molar-refractivity contribution in [2.75, 3.05) is 6.61 Å². The van der Waals surface area contributed by atoms with Crippen molar-refractivity contribution in [2.24, 2.45) is 22.7 Å². The molecule has 3 heteroatoms. The van der Waals surface area contributed by atoms with E-state index in [1.54, 1.807) is 0 Å². The summed E-state index contributed by atoms with van der Waals surface area (Å²) in [6.07, 6.45) is 11.3. The lowest BCUT2D eigenvalue weighted by Gasteiger charge is -2.61. The number of ether oxygens (including phenoxy) is 1. The van der Waals surface area contributed by atoms with Gasteiger partial charge < -0.3 is 9.84 Å². The van der Waals surface area contributed by atoms with Gasteiger partial charge in [0.15, 0.2) is 0 Å². The number of hydrogen-bond acceptors (Lipinski definition) is 3. The first-order valence-electron chi connectivity index (χ1n) is 11.1. The van der Waals surface area contributed by atoms with Crippen molar-refractivity contribution in [3.8, 4) is 0 Å². The van der Waals surface area contributed by atoms with Gasteiger partial charge in [-0.25, -0.2) is 0 Å². The SMILES string of the molecule is CCOC(=O)CC/C=C(/C)CC[C@@H]1[C@@]2(C)CCCC(C)(C)[C@@H]2CC[C@@]1(C)O. The van der Waals surface area contributed by atoms with Crippen LogP contribution in [0.25, 0.3) is 0 Å². The molecule has 2 saturated carbocycles. The molecule has 0 aliphatic heterocycles. The van der Waals surface area contributed by atoms with E-state index in [4.69, 9.17) is 4.74 Å². The predicted molar refractivity (Wildman–Crippen MR) is 111 cm³/mol. The van der Waals surface area contributed by atoms with Gasteiger partial charge in [0.05, 0.1) is 12.2 Å². The van der Waals surface area contributed by atoms with Crippen LogP contribution in [-0.2, 0) is 9.53 Å². The first-order valence-corrected chi connectivity index (χ1v) is 11.1. The van der Waals surface area contributed by atoms with E-state index < -0.39 is 5.60 Å². The number of hydrogen-bond donors (Lipinski definition) is 1. The van der Waals surface area contributed by atoms with Gasteiger partial charge in [-0.05, 0) is 88.4 Å². The van der Waals surface area contributed by atoms with Gasteiger partial charge in [0.1, 0.15) is 0 Å². The van der Waals surface area contributed by atoms with Crippen LogP contribution in [0.5, 0.6) is 0 Å².